The smallest absolute Gasteiger partial charge is 0.147 e. The van der Waals surface area contributed by atoms with Crippen LogP contribution < -0.4 is 0 Å². The summed E-state index contributed by atoms with van der Waals surface area (Å²) in [6, 6.07) is 7.01. The van der Waals surface area contributed by atoms with Gasteiger partial charge in [0.15, 0.2) is 0 Å². The van der Waals surface area contributed by atoms with Crippen LogP contribution in [0.3, 0.4) is 0 Å². The molecule has 0 aliphatic rings. The van der Waals surface area contributed by atoms with E-state index in [2.05, 4.69) is 6.07 Å². The summed E-state index contributed by atoms with van der Waals surface area (Å²) in [5.41, 5.74) is 1.45. The quantitative estimate of drug-likeness (QED) is 0.675. The fourth-order valence-electron chi connectivity index (χ4n) is 1.73. The van der Waals surface area contributed by atoms with E-state index >= 15 is 0 Å². The number of para-hydroxylation sites is 1. The number of aryl methyl sites for hydroxylation is 1. The Morgan fingerprint density at radius 2 is 2.29 bits per heavy atom. The van der Waals surface area contributed by atoms with Crippen LogP contribution in [0.25, 0.3) is 10.9 Å². The first-order valence-corrected chi connectivity index (χ1v) is 4.33. The van der Waals surface area contributed by atoms with Crippen molar-refractivity contribution in [2.45, 2.75) is 6.42 Å². The minimum absolute atomic E-state index is 0.241. The zero-order valence-corrected chi connectivity index (χ0v) is 7.79. The van der Waals surface area contributed by atoms with Crippen molar-refractivity contribution in [2.75, 3.05) is 0 Å². The van der Waals surface area contributed by atoms with E-state index in [4.69, 9.17) is 5.26 Å². The van der Waals surface area contributed by atoms with Gasteiger partial charge in [-0.05, 0) is 11.6 Å². The van der Waals surface area contributed by atoms with E-state index < -0.39 is 0 Å². The number of rotatable bonds is 1. The highest BCUT2D eigenvalue weighted by atomic mass is 19.1. The van der Waals surface area contributed by atoms with E-state index in [0.717, 1.165) is 10.9 Å². The summed E-state index contributed by atoms with van der Waals surface area (Å²) in [7, 11) is 1.78. The summed E-state index contributed by atoms with van der Waals surface area (Å²) in [5, 5.41) is 9.43. The molecule has 0 saturated carbocycles. The van der Waals surface area contributed by atoms with Gasteiger partial charge in [0.25, 0.3) is 0 Å². The Balaban J connectivity index is 2.79. The van der Waals surface area contributed by atoms with Gasteiger partial charge in [0.05, 0.1) is 18.0 Å². The molecule has 0 unspecified atom stereocenters. The lowest BCUT2D eigenvalue weighted by Gasteiger charge is -1.96. The summed E-state index contributed by atoms with van der Waals surface area (Å²) < 4.78 is 15.1. The van der Waals surface area contributed by atoms with Gasteiger partial charge in [0.1, 0.15) is 5.82 Å². The Hall–Kier alpha value is -1.82. The van der Waals surface area contributed by atoms with Crippen molar-refractivity contribution in [3.8, 4) is 6.07 Å². The maximum Gasteiger partial charge on any atom is 0.147 e. The second kappa shape index (κ2) is 3.15. The molecule has 14 heavy (non-hydrogen) atoms. The van der Waals surface area contributed by atoms with Gasteiger partial charge in [0.2, 0.25) is 0 Å². The Kier molecular flexibility index (Phi) is 1.97. The summed E-state index contributed by atoms with van der Waals surface area (Å²) in [5.74, 6) is -0.241. The van der Waals surface area contributed by atoms with Crippen molar-refractivity contribution in [1.82, 2.24) is 4.57 Å². The molecule has 1 aromatic carbocycles. The first kappa shape index (κ1) is 8.76. The fraction of sp³-hybridized carbons (Fsp3) is 0.182. The van der Waals surface area contributed by atoms with Crippen molar-refractivity contribution >= 4 is 10.9 Å². The van der Waals surface area contributed by atoms with Crippen molar-refractivity contribution < 1.29 is 4.39 Å². The SMILES string of the molecule is Cn1cc(CC#N)c2cccc(F)c21. The Morgan fingerprint density at radius 1 is 1.50 bits per heavy atom. The predicted molar refractivity (Wildman–Crippen MR) is 52.2 cm³/mol. The molecule has 2 aromatic rings. The molecule has 0 atom stereocenters. The Bertz CT molecular complexity index is 520. The van der Waals surface area contributed by atoms with E-state index in [1.54, 1.807) is 23.9 Å². The zero-order chi connectivity index (χ0) is 10.1. The van der Waals surface area contributed by atoms with Gasteiger partial charge in [-0.25, -0.2) is 4.39 Å². The normalized spacial score (nSPS) is 10.4. The maximum atomic E-state index is 13.4. The van der Waals surface area contributed by atoms with Crippen molar-refractivity contribution in [3.63, 3.8) is 0 Å². The summed E-state index contributed by atoms with van der Waals surface area (Å²) in [4.78, 5) is 0. The Morgan fingerprint density at radius 3 is 3.00 bits per heavy atom. The van der Waals surface area contributed by atoms with Crippen LogP contribution >= 0.6 is 0 Å². The molecule has 1 aromatic heterocycles. The van der Waals surface area contributed by atoms with E-state index in [9.17, 15) is 4.39 Å². The molecule has 0 radical (unpaired) electrons. The minimum atomic E-state index is -0.241. The molecule has 0 N–H and O–H groups in total. The molecule has 70 valence electrons. The lowest BCUT2D eigenvalue weighted by molar-refractivity contribution is 0.632. The highest BCUT2D eigenvalue weighted by molar-refractivity contribution is 5.84. The van der Waals surface area contributed by atoms with Gasteiger partial charge in [-0.3, -0.25) is 0 Å². The monoisotopic (exact) mass is 188 g/mol. The number of hydrogen-bond donors (Lipinski definition) is 0. The molecule has 0 fully saturated rings. The van der Waals surface area contributed by atoms with E-state index in [1.807, 2.05) is 6.07 Å². The molecule has 2 nitrogen and oxygen atoms in total. The van der Waals surface area contributed by atoms with Crippen LogP contribution in [0, 0.1) is 17.1 Å². The van der Waals surface area contributed by atoms with E-state index in [-0.39, 0.29) is 5.82 Å². The molecule has 0 spiro atoms. The van der Waals surface area contributed by atoms with Gasteiger partial charge in [0, 0.05) is 18.6 Å². The van der Waals surface area contributed by atoms with Crippen LogP contribution in [0.2, 0.25) is 0 Å². The molecule has 0 aliphatic carbocycles. The summed E-state index contributed by atoms with van der Waals surface area (Å²) in [6.07, 6.45) is 2.12. The van der Waals surface area contributed by atoms with E-state index in [0.29, 0.717) is 11.9 Å². The number of hydrogen-bond acceptors (Lipinski definition) is 1. The van der Waals surface area contributed by atoms with Gasteiger partial charge in [-0.15, -0.1) is 0 Å². The minimum Gasteiger partial charge on any atom is -0.348 e. The van der Waals surface area contributed by atoms with Crippen LogP contribution in [0.5, 0.6) is 0 Å². The van der Waals surface area contributed by atoms with Crippen molar-refractivity contribution in [3.05, 3.63) is 35.8 Å². The first-order chi connectivity index (χ1) is 6.74. The fourth-order valence-corrected chi connectivity index (χ4v) is 1.73. The number of halogens is 1. The molecule has 0 saturated heterocycles. The molecular weight excluding hydrogens is 179 g/mol. The molecule has 0 aliphatic heterocycles. The topological polar surface area (TPSA) is 28.7 Å². The number of nitrogens with zero attached hydrogens (tertiary/aromatic N) is 2. The highest BCUT2D eigenvalue weighted by Crippen LogP contribution is 2.23. The average molecular weight is 188 g/mol. The first-order valence-electron chi connectivity index (χ1n) is 4.33. The Labute approximate surface area is 81.2 Å². The highest BCUT2D eigenvalue weighted by Gasteiger charge is 2.09. The molecule has 0 amide bonds. The second-order valence-corrected chi connectivity index (χ2v) is 3.24. The van der Waals surface area contributed by atoms with Gasteiger partial charge in [-0.2, -0.15) is 5.26 Å². The summed E-state index contributed by atoms with van der Waals surface area (Å²) >= 11 is 0. The van der Waals surface area contributed by atoms with Crippen LogP contribution in [0.1, 0.15) is 5.56 Å². The summed E-state index contributed by atoms with van der Waals surface area (Å²) in [6.45, 7) is 0. The molecule has 0 bridgehead atoms. The molecule has 3 heteroatoms. The van der Waals surface area contributed by atoms with Crippen LogP contribution in [-0.2, 0) is 13.5 Å². The van der Waals surface area contributed by atoms with Crippen molar-refractivity contribution in [1.29, 1.82) is 5.26 Å². The number of nitriles is 1. The number of aromatic nitrogens is 1. The third kappa shape index (κ3) is 1.16. The number of benzene rings is 1. The van der Waals surface area contributed by atoms with Gasteiger partial charge in [-0.1, -0.05) is 12.1 Å². The standard InChI is InChI=1S/C11H9FN2/c1-14-7-8(5-6-13)9-3-2-4-10(12)11(9)14/h2-4,7H,5H2,1H3. The maximum absolute atomic E-state index is 13.4. The van der Waals surface area contributed by atoms with Gasteiger partial charge < -0.3 is 4.57 Å². The van der Waals surface area contributed by atoms with E-state index in [1.165, 1.54) is 6.07 Å². The zero-order valence-electron chi connectivity index (χ0n) is 7.79. The largest absolute Gasteiger partial charge is 0.348 e. The average Bonchev–Trinajstić information content (AvgIpc) is 2.46. The predicted octanol–water partition coefficient (Wildman–Crippen LogP) is 2.38. The molecule has 1 heterocycles. The second-order valence-electron chi connectivity index (χ2n) is 3.24. The third-order valence-electron chi connectivity index (χ3n) is 2.30. The number of fused-ring (bicyclic) bond motifs is 1. The molecule has 2 rings (SSSR count). The third-order valence-corrected chi connectivity index (χ3v) is 2.30. The van der Waals surface area contributed by atoms with Crippen molar-refractivity contribution in [2.24, 2.45) is 7.05 Å². The lowest BCUT2D eigenvalue weighted by Crippen LogP contribution is -1.86. The van der Waals surface area contributed by atoms with Crippen LogP contribution in [0.15, 0.2) is 24.4 Å². The lowest BCUT2D eigenvalue weighted by atomic mass is 10.1. The van der Waals surface area contributed by atoms with Gasteiger partial charge >= 0.3 is 0 Å². The molecular formula is C11H9FN2. The van der Waals surface area contributed by atoms with Crippen LogP contribution in [0.4, 0.5) is 4.39 Å². The van der Waals surface area contributed by atoms with Crippen LogP contribution in [-0.4, -0.2) is 4.57 Å².